The van der Waals surface area contributed by atoms with Crippen molar-refractivity contribution < 1.29 is 27.9 Å². The molecule has 0 radical (unpaired) electrons. The van der Waals surface area contributed by atoms with Gasteiger partial charge in [0.25, 0.3) is 11.8 Å². The van der Waals surface area contributed by atoms with Gasteiger partial charge in [-0.2, -0.15) is 0 Å². The molecule has 0 atom stereocenters. The summed E-state index contributed by atoms with van der Waals surface area (Å²) in [5, 5.41) is 3.87. The van der Waals surface area contributed by atoms with E-state index in [-0.39, 0.29) is 21.7 Å². The normalized spacial score (nSPS) is 16.4. The third-order valence-electron chi connectivity index (χ3n) is 7.04. The summed E-state index contributed by atoms with van der Waals surface area (Å²) in [4.78, 5) is 41.6. The van der Waals surface area contributed by atoms with Crippen LogP contribution in [0.15, 0.2) is 66.9 Å². The molecule has 4 aromatic rings. The number of piperidine rings is 1. The number of benzene rings is 3. The number of para-hydroxylation sites is 1. The highest BCUT2D eigenvalue weighted by molar-refractivity contribution is 6.32. The predicted octanol–water partition coefficient (Wildman–Crippen LogP) is 5.64. The zero-order chi connectivity index (χ0) is 26.6. The molecule has 1 aromatic heterocycles. The molecular weight excluding hydrogens is 516 g/mol. The molecule has 6 rings (SSSR count). The molecule has 1 spiro atoms. The Balaban J connectivity index is 1.48. The van der Waals surface area contributed by atoms with Gasteiger partial charge in [-0.15, -0.1) is 0 Å². The molecule has 2 amide bonds. The zero-order valence-corrected chi connectivity index (χ0v) is 20.6. The number of hydrogen-bond acceptors (Lipinski definition) is 5. The number of rotatable bonds is 2. The van der Waals surface area contributed by atoms with Gasteiger partial charge in [0.2, 0.25) is 0 Å². The van der Waals surface area contributed by atoms with Crippen molar-refractivity contribution in [2.45, 2.75) is 18.4 Å². The van der Waals surface area contributed by atoms with Gasteiger partial charge < -0.3 is 10.1 Å². The molecule has 1 N–H and O–H groups in total. The highest BCUT2D eigenvalue weighted by Gasteiger charge is 2.47. The summed E-state index contributed by atoms with van der Waals surface area (Å²) in [5.74, 6) is -3.32. The molecule has 0 unspecified atom stereocenters. The molecule has 1 saturated heterocycles. The highest BCUT2D eigenvalue weighted by Crippen LogP contribution is 2.45. The number of amides is 2. The number of nitrogens with zero attached hydrogens (tertiary/aromatic N) is 2. The molecule has 10 heteroatoms. The van der Waals surface area contributed by atoms with Crippen LogP contribution in [0.25, 0.3) is 10.9 Å². The summed E-state index contributed by atoms with van der Waals surface area (Å²) in [6.07, 6.45) is 1.56. The van der Waals surface area contributed by atoms with E-state index in [2.05, 4.69) is 5.32 Å². The van der Waals surface area contributed by atoms with E-state index in [1.165, 1.54) is 12.3 Å². The van der Waals surface area contributed by atoms with E-state index in [0.717, 1.165) is 27.2 Å². The number of imide groups is 1. The molecule has 192 valence electrons. The maximum absolute atomic E-state index is 14.0. The summed E-state index contributed by atoms with van der Waals surface area (Å²) in [7, 11) is 0. The number of nitrogens with one attached hydrogen (secondary N) is 1. The molecule has 38 heavy (non-hydrogen) atoms. The second kappa shape index (κ2) is 9.04. The average molecular weight is 536 g/mol. The number of anilines is 1. The first-order chi connectivity index (χ1) is 18.3. The first kappa shape index (κ1) is 24.3. The number of fused-ring (bicyclic) bond motifs is 3. The standard InChI is InChI=1S/C28H20ClF2N3O4/c29-17-5-6-20-21(15-33(24(20)13-17)25(35)16-11-18(30)14-19(31)12-16)26(36)34-23-4-2-1-3-22(23)28(38-27(34)37)7-9-32-10-8-28/h1-6,11-15,32H,7-10H2. The minimum absolute atomic E-state index is 0.0231. The average Bonchev–Trinajstić information content (AvgIpc) is 3.27. The fourth-order valence-corrected chi connectivity index (χ4v) is 5.46. The minimum Gasteiger partial charge on any atom is -0.437 e. The van der Waals surface area contributed by atoms with Gasteiger partial charge in [0.15, 0.2) is 0 Å². The Morgan fingerprint density at radius 2 is 1.66 bits per heavy atom. The van der Waals surface area contributed by atoms with Crippen LogP contribution in [-0.2, 0) is 10.3 Å². The van der Waals surface area contributed by atoms with Crippen LogP contribution >= 0.6 is 11.6 Å². The Morgan fingerprint density at radius 3 is 2.39 bits per heavy atom. The van der Waals surface area contributed by atoms with Gasteiger partial charge in [0, 0.05) is 46.6 Å². The van der Waals surface area contributed by atoms with Crippen molar-refractivity contribution in [1.82, 2.24) is 9.88 Å². The molecular formula is C28H20ClF2N3O4. The zero-order valence-electron chi connectivity index (χ0n) is 19.8. The number of aromatic nitrogens is 1. The van der Waals surface area contributed by atoms with Crippen molar-refractivity contribution in [2.75, 3.05) is 18.0 Å². The maximum Gasteiger partial charge on any atom is 0.422 e. The third-order valence-corrected chi connectivity index (χ3v) is 7.28. The van der Waals surface area contributed by atoms with Crippen molar-refractivity contribution in [3.8, 4) is 0 Å². The van der Waals surface area contributed by atoms with Crippen LogP contribution in [0.1, 0.15) is 39.1 Å². The number of hydrogen-bond donors (Lipinski definition) is 1. The molecule has 2 aliphatic heterocycles. The monoisotopic (exact) mass is 535 g/mol. The predicted molar refractivity (Wildman–Crippen MR) is 137 cm³/mol. The van der Waals surface area contributed by atoms with Crippen molar-refractivity contribution in [3.05, 3.63) is 100 Å². The van der Waals surface area contributed by atoms with E-state index < -0.39 is 35.1 Å². The molecule has 3 aromatic carbocycles. The Bertz CT molecular complexity index is 1620. The van der Waals surface area contributed by atoms with Crippen LogP contribution in [-0.4, -0.2) is 35.6 Å². The number of carbonyl (C=O) groups is 3. The largest absolute Gasteiger partial charge is 0.437 e. The summed E-state index contributed by atoms with van der Waals surface area (Å²) >= 11 is 6.18. The quantitative estimate of drug-likeness (QED) is 0.359. The molecule has 0 saturated carbocycles. The molecule has 0 aliphatic carbocycles. The molecule has 1 fully saturated rings. The van der Waals surface area contributed by atoms with Gasteiger partial charge in [-0.25, -0.2) is 18.5 Å². The van der Waals surface area contributed by atoms with Crippen LogP contribution in [0, 0.1) is 11.6 Å². The van der Waals surface area contributed by atoms with Crippen molar-refractivity contribution >= 4 is 46.1 Å². The lowest BCUT2D eigenvalue weighted by Crippen LogP contribution is -2.52. The van der Waals surface area contributed by atoms with Crippen LogP contribution in [0.3, 0.4) is 0 Å². The van der Waals surface area contributed by atoms with E-state index in [9.17, 15) is 23.2 Å². The molecule has 2 aliphatic rings. The van der Waals surface area contributed by atoms with E-state index in [1.807, 2.05) is 12.1 Å². The SMILES string of the molecule is O=C1OC2(CCNCC2)c2ccccc2N1C(=O)c1cn(C(=O)c2cc(F)cc(F)c2)c2cc(Cl)ccc12. The van der Waals surface area contributed by atoms with E-state index in [4.69, 9.17) is 16.3 Å². The second-order valence-electron chi connectivity index (χ2n) is 9.31. The molecule has 3 heterocycles. The van der Waals surface area contributed by atoms with E-state index in [0.29, 0.717) is 43.1 Å². The van der Waals surface area contributed by atoms with Gasteiger partial charge in [0.1, 0.15) is 17.2 Å². The fourth-order valence-electron chi connectivity index (χ4n) is 5.29. The van der Waals surface area contributed by atoms with E-state index in [1.54, 1.807) is 24.3 Å². The van der Waals surface area contributed by atoms with Crippen molar-refractivity contribution in [3.63, 3.8) is 0 Å². The summed E-state index contributed by atoms with van der Waals surface area (Å²) < 4.78 is 34.7. The Kier molecular flexibility index (Phi) is 5.77. The Labute approximate surface area is 220 Å². The van der Waals surface area contributed by atoms with Gasteiger partial charge in [-0.3, -0.25) is 14.2 Å². The second-order valence-corrected chi connectivity index (χ2v) is 9.74. The smallest absolute Gasteiger partial charge is 0.422 e. The molecule has 7 nitrogen and oxygen atoms in total. The Hall–Kier alpha value is -4.08. The van der Waals surface area contributed by atoms with Crippen LogP contribution < -0.4 is 10.2 Å². The molecule has 0 bridgehead atoms. The summed E-state index contributed by atoms with van der Waals surface area (Å²) in [6, 6.07) is 14.1. The number of halogens is 3. The minimum atomic E-state index is -0.918. The van der Waals surface area contributed by atoms with Crippen molar-refractivity contribution in [1.29, 1.82) is 0 Å². The number of carbonyl (C=O) groups excluding carboxylic acids is 3. The van der Waals surface area contributed by atoms with Crippen LogP contribution in [0.2, 0.25) is 5.02 Å². The summed E-state index contributed by atoms with van der Waals surface area (Å²) in [5.41, 5.74) is 0.304. The lowest BCUT2D eigenvalue weighted by molar-refractivity contribution is -0.0170. The first-order valence-corrected chi connectivity index (χ1v) is 12.3. The van der Waals surface area contributed by atoms with E-state index >= 15 is 0 Å². The van der Waals surface area contributed by atoms with Crippen LogP contribution in [0.5, 0.6) is 0 Å². The lowest BCUT2D eigenvalue weighted by Gasteiger charge is -2.44. The highest BCUT2D eigenvalue weighted by atomic mass is 35.5. The lowest BCUT2D eigenvalue weighted by atomic mass is 9.82. The maximum atomic E-state index is 14.0. The Morgan fingerprint density at radius 1 is 0.947 bits per heavy atom. The number of ether oxygens (including phenoxy) is 1. The van der Waals surface area contributed by atoms with Gasteiger partial charge in [-0.1, -0.05) is 35.9 Å². The fraction of sp³-hybridized carbons (Fsp3) is 0.179. The topological polar surface area (TPSA) is 80.6 Å². The first-order valence-electron chi connectivity index (χ1n) is 12.0. The van der Waals surface area contributed by atoms with Gasteiger partial charge in [-0.05, 0) is 43.4 Å². The van der Waals surface area contributed by atoms with Gasteiger partial charge in [0.05, 0.1) is 16.8 Å². The third kappa shape index (κ3) is 3.86. The summed E-state index contributed by atoms with van der Waals surface area (Å²) in [6.45, 7) is 1.32. The van der Waals surface area contributed by atoms with Crippen molar-refractivity contribution in [2.24, 2.45) is 0 Å². The van der Waals surface area contributed by atoms with Crippen LogP contribution in [0.4, 0.5) is 19.3 Å². The van der Waals surface area contributed by atoms with Gasteiger partial charge >= 0.3 is 6.09 Å².